The molecule has 11 heteroatoms. The van der Waals surface area contributed by atoms with Gasteiger partial charge in [-0.2, -0.15) is 23.5 Å². The van der Waals surface area contributed by atoms with Crippen LogP contribution in [0.1, 0.15) is 32.0 Å². The van der Waals surface area contributed by atoms with Gasteiger partial charge in [-0.3, -0.25) is 4.98 Å². The predicted octanol–water partition coefficient (Wildman–Crippen LogP) is 3.40. The van der Waals surface area contributed by atoms with E-state index < -0.39 is 27.1 Å². The van der Waals surface area contributed by atoms with E-state index in [1.54, 1.807) is 13.8 Å². The molecule has 152 valence electrons. The van der Waals surface area contributed by atoms with Gasteiger partial charge in [-0.05, 0) is 31.5 Å². The maximum Gasteiger partial charge on any atom is 0.435 e. The van der Waals surface area contributed by atoms with Crippen LogP contribution in [-0.2, 0) is 21.4 Å². The molecular weight excluding hydrogens is 407 g/mol. The lowest BCUT2D eigenvalue weighted by Crippen LogP contribution is -2.17. The van der Waals surface area contributed by atoms with Crippen molar-refractivity contribution in [2.24, 2.45) is 0 Å². The van der Waals surface area contributed by atoms with Crippen molar-refractivity contribution in [1.29, 1.82) is 5.26 Å². The van der Waals surface area contributed by atoms with Crippen LogP contribution in [0.15, 0.2) is 35.5 Å². The molecule has 0 aliphatic rings. The molecule has 3 rings (SSSR count). The van der Waals surface area contributed by atoms with Crippen LogP contribution in [0.3, 0.4) is 0 Å². The third kappa shape index (κ3) is 3.80. The van der Waals surface area contributed by atoms with Crippen LogP contribution < -0.4 is 0 Å². The molecule has 0 fully saturated rings. The summed E-state index contributed by atoms with van der Waals surface area (Å²) in [5.41, 5.74) is -1.70. The minimum atomic E-state index is -4.63. The van der Waals surface area contributed by atoms with Gasteiger partial charge in [0, 0.05) is 18.5 Å². The number of aromatic nitrogens is 4. The summed E-state index contributed by atoms with van der Waals surface area (Å²) in [7, 11) is -3.75. The number of alkyl halides is 3. The maximum atomic E-state index is 12.9. The van der Waals surface area contributed by atoms with Crippen LogP contribution in [0, 0.1) is 11.3 Å². The molecule has 0 aliphatic heterocycles. The Labute approximate surface area is 164 Å². The van der Waals surface area contributed by atoms with E-state index in [4.69, 9.17) is 0 Å². The van der Waals surface area contributed by atoms with Gasteiger partial charge in [-0.1, -0.05) is 6.92 Å². The van der Waals surface area contributed by atoms with Crippen molar-refractivity contribution in [3.05, 3.63) is 41.9 Å². The van der Waals surface area contributed by atoms with E-state index in [0.717, 1.165) is 10.6 Å². The predicted molar refractivity (Wildman–Crippen MR) is 97.6 cm³/mol. The largest absolute Gasteiger partial charge is 0.435 e. The average molecular weight is 423 g/mol. The first-order chi connectivity index (χ1) is 13.4. The summed E-state index contributed by atoms with van der Waals surface area (Å²) in [5.74, 6) is -0.217. The van der Waals surface area contributed by atoms with Crippen molar-refractivity contribution < 1.29 is 21.6 Å². The topological polar surface area (TPSA) is 101 Å². The zero-order valence-electron chi connectivity index (χ0n) is 15.7. The lowest BCUT2D eigenvalue weighted by Gasteiger charge is -2.18. The average Bonchev–Trinajstić information content (AvgIpc) is 3.11. The molecule has 7 nitrogen and oxygen atoms in total. The van der Waals surface area contributed by atoms with E-state index in [0.29, 0.717) is 5.56 Å². The number of hydrogen-bond donors (Lipinski definition) is 0. The van der Waals surface area contributed by atoms with E-state index in [9.17, 15) is 26.9 Å². The van der Waals surface area contributed by atoms with Gasteiger partial charge in [0.2, 0.25) is 0 Å². The number of rotatable bonds is 4. The van der Waals surface area contributed by atoms with Gasteiger partial charge in [-0.25, -0.2) is 17.9 Å². The van der Waals surface area contributed by atoms with Gasteiger partial charge >= 0.3 is 6.18 Å². The number of fused-ring (bicyclic) bond motifs is 1. The summed E-state index contributed by atoms with van der Waals surface area (Å²) >= 11 is 0. The van der Waals surface area contributed by atoms with E-state index in [1.807, 2.05) is 0 Å². The number of pyridine rings is 1. The summed E-state index contributed by atoms with van der Waals surface area (Å²) in [6.07, 6.45) is -2.01. The van der Waals surface area contributed by atoms with Crippen LogP contribution >= 0.6 is 0 Å². The van der Waals surface area contributed by atoms with Crippen molar-refractivity contribution in [2.75, 3.05) is 5.75 Å². The first-order valence-corrected chi connectivity index (χ1v) is 10.1. The number of nitrogens with zero attached hydrogens (tertiary/aromatic N) is 5. The molecule has 0 saturated heterocycles. The van der Waals surface area contributed by atoms with Gasteiger partial charge in [-0.15, -0.1) is 0 Å². The van der Waals surface area contributed by atoms with Crippen molar-refractivity contribution in [3.63, 3.8) is 0 Å². The van der Waals surface area contributed by atoms with Crippen LogP contribution in [0.4, 0.5) is 13.2 Å². The minimum absolute atomic E-state index is 0.00148. The maximum absolute atomic E-state index is 12.9. The smallest absolute Gasteiger partial charge is 0.253 e. The summed E-state index contributed by atoms with van der Waals surface area (Å²) < 4.78 is 64.9. The molecule has 0 aliphatic carbocycles. The van der Waals surface area contributed by atoms with Crippen LogP contribution in [0.5, 0.6) is 0 Å². The second kappa shape index (κ2) is 6.81. The Morgan fingerprint density at radius 2 is 1.93 bits per heavy atom. The van der Waals surface area contributed by atoms with E-state index >= 15 is 0 Å². The van der Waals surface area contributed by atoms with Gasteiger partial charge < -0.3 is 0 Å². The third-order valence-corrected chi connectivity index (χ3v) is 6.17. The SMILES string of the molecule is CCS(=O)(=O)c1cc(C(C)(C)C#N)cnc1-c1ccn2nc(C(F)(F)F)cc2n1. The Morgan fingerprint density at radius 3 is 2.52 bits per heavy atom. The summed E-state index contributed by atoms with van der Waals surface area (Å²) in [6, 6.07) is 5.56. The Morgan fingerprint density at radius 1 is 1.24 bits per heavy atom. The molecule has 0 amide bonds. The standard InChI is InChI=1S/C18H16F3N5O2S/c1-4-29(27,28)13-7-11(17(2,3)10-22)9-23-16(13)12-5-6-26-15(24-12)8-14(25-26)18(19,20)21/h5-9H,4H2,1-3H3. The fourth-order valence-corrected chi connectivity index (χ4v) is 3.66. The quantitative estimate of drug-likeness (QED) is 0.637. The lowest BCUT2D eigenvalue weighted by molar-refractivity contribution is -0.141. The summed E-state index contributed by atoms with van der Waals surface area (Å²) in [5, 5.41) is 12.7. The number of sulfone groups is 1. The molecule has 0 radical (unpaired) electrons. The molecule has 0 unspecified atom stereocenters. The number of nitriles is 1. The highest BCUT2D eigenvalue weighted by Crippen LogP contribution is 2.32. The Hall–Kier alpha value is -3.00. The molecule has 3 aromatic rings. The third-order valence-electron chi connectivity index (χ3n) is 4.43. The zero-order valence-corrected chi connectivity index (χ0v) is 16.5. The first kappa shape index (κ1) is 20.7. The summed E-state index contributed by atoms with van der Waals surface area (Å²) in [6.45, 7) is 4.72. The number of halogens is 3. The normalized spacial score (nSPS) is 12.9. The summed E-state index contributed by atoms with van der Waals surface area (Å²) in [4.78, 5) is 8.17. The molecule has 0 bridgehead atoms. The molecule has 0 N–H and O–H groups in total. The van der Waals surface area contributed by atoms with Crippen molar-refractivity contribution in [1.82, 2.24) is 19.6 Å². The monoisotopic (exact) mass is 423 g/mol. The van der Waals surface area contributed by atoms with Gasteiger partial charge in [0.15, 0.2) is 21.2 Å². The molecule has 29 heavy (non-hydrogen) atoms. The second-order valence-electron chi connectivity index (χ2n) is 6.85. The highest BCUT2D eigenvalue weighted by molar-refractivity contribution is 7.91. The Bertz CT molecular complexity index is 1240. The molecule has 3 heterocycles. The molecule has 0 saturated carbocycles. The molecule has 0 atom stereocenters. The molecular formula is C18H16F3N5O2S. The van der Waals surface area contributed by atoms with E-state index in [2.05, 4.69) is 21.1 Å². The van der Waals surface area contributed by atoms with Crippen LogP contribution in [0.25, 0.3) is 17.0 Å². The van der Waals surface area contributed by atoms with Gasteiger partial charge in [0.05, 0.1) is 27.8 Å². The first-order valence-electron chi connectivity index (χ1n) is 8.47. The van der Waals surface area contributed by atoms with Crippen molar-refractivity contribution in [3.8, 4) is 17.5 Å². The molecule has 0 spiro atoms. The highest BCUT2D eigenvalue weighted by Gasteiger charge is 2.34. The number of hydrogen-bond acceptors (Lipinski definition) is 6. The van der Waals surface area contributed by atoms with Crippen molar-refractivity contribution >= 4 is 15.5 Å². The lowest BCUT2D eigenvalue weighted by atomic mass is 9.87. The van der Waals surface area contributed by atoms with Crippen molar-refractivity contribution in [2.45, 2.75) is 37.3 Å². The fourth-order valence-electron chi connectivity index (χ4n) is 2.59. The van der Waals surface area contributed by atoms with E-state index in [1.165, 1.54) is 31.5 Å². The van der Waals surface area contributed by atoms with Gasteiger partial charge in [0.25, 0.3) is 0 Å². The highest BCUT2D eigenvalue weighted by atomic mass is 32.2. The van der Waals surface area contributed by atoms with E-state index in [-0.39, 0.29) is 27.7 Å². The molecule has 3 aromatic heterocycles. The van der Waals surface area contributed by atoms with Gasteiger partial charge in [0.1, 0.15) is 5.69 Å². The molecule has 0 aromatic carbocycles. The Kier molecular flexibility index (Phi) is 4.86. The second-order valence-corrected chi connectivity index (χ2v) is 9.10. The van der Waals surface area contributed by atoms with Crippen LogP contribution in [-0.4, -0.2) is 33.8 Å². The zero-order chi connectivity index (χ0) is 21.6. The fraction of sp³-hybridized carbons (Fsp3) is 0.333. The van der Waals surface area contributed by atoms with Crippen LogP contribution in [0.2, 0.25) is 0 Å². The Balaban J connectivity index is 2.23. The minimum Gasteiger partial charge on any atom is -0.253 e.